The first kappa shape index (κ1) is 24.3. The molecule has 0 aliphatic rings. The average molecular weight is 494 g/mol. The Bertz CT molecular complexity index is 1290. The molecule has 12 heteroatoms. The number of halogens is 2. The van der Waals surface area contributed by atoms with E-state index in [2.05, 4.69) is 20.4 Å². The third-order valence-electron chi connectivity index (χ3n) is 4.08. The molecule has 0 unspecified atom stereocenters. The molecule has 0 aliphatic heterocycles. The van der Waals surface area contributed by atoms with E-state index in [1.807, 2.05) is 12.1 Å². The van der Waals surface area contributed by atoms with Gasteiger partial charge in [-0.1, -0.05) is 46.6 Å². The number of nitrogens with zero attached hydrogens (tertiary/aromatic N) is 3. The average Bonchev–Trinajstić information content (AvgIpc) is 3.19. The van der Waals surface area contributed by atoms with Crippen molar-refractivity contribution in [3.63, 3.8) is 0 Å². The van der Waals surface area contributed by atoms with E-state index in [0.717, 1.165) is 10.1 Å². The summed E-state index contributed by atoms with van der Waals surface area (Å²) in [6.07, 6.45) is 2.66. The van der Waals surface area contributed by atoms with Crippen LogP contribution in [0.25, 0.3) is 12.2 Å². The normalized spacial score (nSPS) is 11.7. The molecule has 1 amide bonds. The minimum absolute atomic E-state index is 0.0362. The molecule has 10 nitrogen and oxygen atoms in total. The fraction of sp³-hybridized carbons (Fsp3) is 0.286. The van der Waals surface area contributed by atoms with Crippen LogP contribution in [0.15, 0.2) is 38.4 Å². The Hall–Kier alpha value is -3.37. The molecule has 33 heavy (non-hydrogen) atoms. The first-order valence-corrected chi connectivity index (χ1v) is 10.5. The van der Waals surface area contributed by atoms with Gasteiger partial charge in [0.15, 0.2) is 5.82 Å². The zero-order valence-corrected chi connectivity index (χ0v) is 19.5. The number of hydrogen-bond acceptors (Lipinski definition) is 7. The quantitative estimate of drug-likeness (QED) is 0.536. The van der Waals surface area contributed by atoms with E-state index in [-0.39, 0.29) is 35.5 Å². The van der Waals surface area contributed by atoms with Gasteiger partial charge in [0.05, 0.1) is 12.2 Å². The molecule has 0 fully saturated rings. The van der Waals surface area contributed by atoms with Crippen molar-refractivity contribution in [2.24, 2.45) is 0 Å². The van der Waals surface area contributed by atoms with Crippen LogP contribution in [0.1, 0.15) is 43.7 Å². The van der Waals surface area contributed by atoms with E-state index < -0.39 is 22.9 Å². The van der Waals surface area contributed by atoms with E-state index in [1.165, 1.54) is 0 Å². The summed E-state index contributed by atoms with van der Waals surface area (Å²) >= 11 is 12.0. The van der Waals surface area contributed by atoms with Crippen LogP contribution < -0.4 is 16.6 Å². The molecular formula is C21H21Cl2N5O5. The molecule has 0 saturated heterocycles. The third-order valence-corrected chi connectivity index (χ3v) is 4.72. The summed E-state index contributed by atoms with van der Waals surface area (Å²) in [7, 11) is 0. The van der Waals surface area contributed by atoms with Gasteiger partial charge in [-0.15, -0.1) is 0 Å². The summed E-state index contributed by atoms with van der Waals surface area (Å²) in [4.78, 5) is 43.4. The van der Waals surface area contributed by atoms with Gasteiger partial charge in [0.25, 0.3) is 5.56 Å². The number of ether oxygens (including phenoxy) is 1. The molecule has 3 aromatic rings. The van der Waals surface area contributed by atoms with Gasteiger partial charge in [0.2, 0.25) is 5.89 Å². The van der Waals surface area contributed by atoms with Crippen LogP contribution in [0.2, 0.25) is 10.0 Å². The Morgan fingerprint density at radius 1 is 1.21 bits per heavy atom. The number of H-pyrrole nitrogens is 1. The lowest BCUT2D eigenvalue weighted by Crippen LogP contribution is -2.39. The number of amides is 1. The number of aromatic nitrogens is 4. The number of alkyl carbamates (subject to hydrolysis) is 1. The van der Waals surface area contributed by atoms with Crippen molar-refractivity contribution in [3.05, 3.63) is 78.1 Å². The number of carbonyl (C=O) groups excluding carboxylic acids is 1. The molecule has 2 heterocycles. The van der Waals surface area contributed by atoms with Crippen LogP contribution in [0, 0.1) is 0 Å². The fourth-order valence-corrected chi connectivity index (χ4v) is 2.95. The first-order chi connectivity index (χ1) is 15.5. The topological polar surface area (TPSA) is 132 Å². The second-order valence-electron chi connectivity index (χ2n) is 7.90. The minimum Gasteiger partial charge on any atom is -0.444 e. The molecule has 2 N–H and O–H groups in total. The highest BCUT2D eigenvalue weighted by atomic mass is 35.5. The Kier molecular flexibility index (Phi) is 7.39. The van der Waals surface area contributed by atoms with Crippen molar-refractivity contribution in [3.8, 4) is 0 Å². The lowest BCUT2D eigenvalue weighted by atomic mass is 10.2. The maximum Gasteiger partial charge on any atom is 0.407 e. The van der Waals surface area contributed by atoms with Crippen LogP contribution >= 0.6 is 23.2 Å². The van der Waals surface area contributed by atoms with Gasteiger partial charge < -0.3 is 19.6 Å². The maximum atomic E-state index is 12.6. The monoisotopic (exact) mass is 493 g/mol. The Morgan fingerprint density at radius 3 is 2.58 bits per heavy atom. The third kappa shape index (κ3) is 6.80. The molecule has 3 rings (SSSR count). The number of benzene rings is 1. The summed E-state index contributed by atoms with van der Waals surface area (Å²) in [6.45, 7) is 4.64. The molecule has 174 valence electrons. The molecule has 0 radical (unpaired) electrons. The highest BCUT2D eigenvalue weighted by Gasteiger charge is 2.18. The molecule has 1 aromatic carbocycles. The number of carbonyl (C=O) groups is 1. The highest BCUT2D eigenvalue weighted by Crippen LogP contribution is 2.12. The summed E-state index contributed by atoms with van der Waals surface area (Å²) in [6, 6.07) is 7.14. The standard InChI is InChI=1S/C21H21Cl2N5O5/c1-21(2,3)32-20(31)24-10-14-17(23)18(29)28(19(30)25-14)11-16-26-15(27-33-16)9-6-12-4-7-13(22)8-5-12/h4-9H,10-11H2,1-3H3,(H,24,31)(H,25,30)/b9-6+. The molecular weight excluding hydrogens is 473 g/mol. The molecule has 0 atom stereocenters. The van der Waals surface area contributed by atoms with Gasteiger partial charge in [0, 0.05) is 5.02 Å². The van der Waals surface area contributed by atoms with Gasteiger partial charge >= 0.3 is 11.8 Å². The van der Waals surface area contributed by atoms with E-state index in [1.54, 1.807) is 45.1 Å². The van der Waals surface area contributed by atoms with Crippen molar-refractivity contribution < 1.29 is 14.1 Å². The van der Waals surface area contributed by atoms with Crippen LogP contribution in [0.3, 0.4) is 0 Å². The number of rotatable bonds is 6. The van der Waals surface area contributed by atoms with Crippen molar-refractivity contribution in [1.29, 1.82) is 0 Å². The SMILES string of the molecule is CC(C)(C)OC(=O)NCc1[nH]c(=O)n(Cc2nc(/C=C/c3ccc(Cl)cc3)no2)c(=O)c1Cl. The zero-order chi connectivity index (χ0) is 24.2. The fourth-order valence-electron chi connectivity index (χ4n) is 2.61. The Balaban J connectivity index is 1.71. The van der Waals surface area contributed by atoms with Crippen molar-refractivity contribution in [2.45, 2.75) is 39.5 Å². The number of aromatic amines is 1. The predicted molar refractivity (Wildman–Crippen MR) is 123 cm³/mol. The second-order valence-corrected chi connectivity index (χ2v) is 8.72. The van der Waals surface area contributed by atoms with Crippen molar-refractivity contribution in [2.75, 3.05) is 0 Å². The minimum atomic E-state index is -0.766. The van der Waals surface area contributed by atoms with E-state index in [9.17, 15) is 14.4 Å². The van der Waals surface area contributed by atoms with Crippen LogP contribution in [-0.4, -0.2) is 31.4 Å². The van der Waals surface area contributed by atoms with Crippen LogP contribution in [0.4, 0.5) is 4.79 Å². The molecule has 0 bridgehead atoms. The smallest absolute Gasteiger partial charge is 0.407 e. The van der Waals surface area contributed by atoms with Crippen LogP contribution in [-0.2, 0) is 17.8 Å². The maximum absolute atomic E-state index is 12.6. The van der Waals surface area contributed by atoms with Crippen LogP contribution in [0.5, 0.6) is 0 Å². The summed E-state index contributed by atoms with van der Waals surface area (Å²) < 4.78 is 11.0. The predicted octanol–water partition coefficient (Wildman–Crippen LogP) is 3.47. The number of hydrogen-bond donors (Lipinski definition) is 2. The lowest BCUT2D eigenvalue weighted by Gasteiger charge is -2.19. The summed E-state index contributed by atoms with van der Waals surface area (Å²) in [5.74, 6) is 0.294. The first-order valence-electron chi connectivity index (χ1n) is 9.76. The molecule has 2 aromatic heterocycles. The van der Waals surface area contributed by atoms with E-state index >= 15 is 0 Å². The van der Waals surface area contributed by atoms with E-state index in [0.29, 0.717) is 5.02 Å². The Labute approximate surface area is 198 Å². The van der Waals surface area contributed by atoms with Crippen molar-refractivity contribution in [1.82, 2.24) is 25.0 Å². The highest BCUT2D eigenvalue weighted by molar-refractivity contribution is 6.31. The van der Waals surface area contributed by atoms with Crippen molar-refractivity contribution >= 4 is 41.4 Å². The molecule has 0 saturated carbocycles. The second kappa shape index (κ2) is 10.1. The summed E-state index contributed by atoms with van der Waals surface area (Å²) in [5.41, 5.74) is -1.29. The van der Waals surface area contributed by atoms with Gasteiger partial charge in [-0.25, -0.2) is 14.2 Å². The zero-order valence-electron chi connectivity index (χ0n) is 18.0. The van der Waals surface area contributed by atoms with Gasteiger partial charge in [0.1, 0.15) is 17.2 Å². The Morgan fingerprint density at radius 2 is 1.91 bits per heavy atom. The molecule has 0 aliphatic carbocycles. The largest absolute Gasteiger partial charge is 0.444 e. The summed E-state index contributed by atoms with van der Waals surface area (Å²) in [5, 5.41) is 6.60. The van der Waals surface area contributed by atoms with Gasteiger partial charge in [-0.05, 0) is 44.5 Å². The van der Waals surface area contributed by atoms with Gasteiger partial charge in [-0.2, -0.15) is 4.98 Å². The van der Waals surface area contributed by atoms with E-state index in [4.69, 9.17) is 32.5 Å². The molecule has 0 spiro atoms. The van der Waals surface area contributed by atoms with Gasteiger partial charge in [-0.3, -0.25) is 4.79 Å². The lowest BCUT2D eigenvalue weighted by molar-refractivity contribution is 0.0523. The number of nitrogens with one attached hydrogen (secondary N) is 2.